The Hall–Kier alpha value is -1.59. The van der Waals surface area contributed by atoms with E-state index >= 15 is 0 Å². The van der Waals surface area contributed by atoms with Crippen molar-refractivity contribution in [1.82, 2.24) is 20.5 Å². The number of methoxy groups -OCH3 is 1. The van der Waals surface area contributed by atoms with Crippen molar-refractivity contribution < 1.29 is 9.53 Å². The first-order valence-electron chi connectivity index (χ1n) is 2.99. The van der Waals surface area contributed by atoms with E-state index in [1.54, 1.807) is 0 Å². The number of aromatic amines is 1. The van der Waals surface area contributed by atoms with Gasteiger partial charge in [-0.15, -0.1) is 0 Å². The van der Waals surface area contributed by atoms with E-state index in [2.05, 4.69) is 25.2 Å². The van der Waals surface area contributed by atoms with Gasteiger partial charge in [0.1, 0.15) is 12.2 Å². The molecular formula is C5H8N4O2. The van der Waals surface area contributed by atoms with Crippen LogP contribution in [0.4, 0.5) is 4.79 Å². The maximum absolute atomic E-state index is 10.5. The highest BCUT2D eigenvalue weighted by Gasteiger charge is 1.99. The molecule has 60 valence electrons. The molecule has 1 aromatic heterocycles. The summed E-state index contributed by atoms with van der Waals surface area (Å²) in [5.41, 5.74) is 0. The zero-order chi connectivity index (χ0) is 8.10. The average molecular weight is 156 g/mol. The fourth-order valence-electron chi connectivity index (χ4n) is 0.544. The summed E-state index contributed by atoms with van der Waals surface area (Å²) in [4.78, 5) is 14.3. The molecular weight excluding hydrogens is 148 g/mol. The fourth-order valence-corrected chi connectivity index (χ4v) is 0.544. The number of amides is 1. The van der Waals surface area contributed by atoms with Crippen LogP contribution in [0.1, 0.15) is 5.82 Å². The normalized spacial score (nSPS) is 9.18. The summed E-state index contributed by atoms with van der Waals surface area (Å²) in [6.45, 7) is 0.298. The van der Waals surface area contributed by atoms with Gasteiger partial charge in [-0.05, 0) is 0 Å². The van der Waals surface area contributed by atoms with Gasteiger partial charge in [0.2, 0.25) is 0 Å². The van der Waals surface area contributed by atoms with Crippen molar-refractivity contribution in [2.24, 2.45) is 0 Å². The average Bonchev–Trinajstić information content (AvgIpc) is 2.52. The Morgan fingerprint density at radius 3 is 3.27 bits per heavy atom. The van der Waals surface area contributed by atoms with Gasteiger partial charge in [0.05, 0.1) is 13.7 Å². The van der Waals surface area contributed by atoms with Gasteiger partial charge in [0, 0.05) is 0 Å². The Bertz CT molecular complexity index is 220. The second kappa shape index (κ2) is 3.55. The van der Waals surface area contributed by atoms with Crippen LogP contribution in [-0.2, 0) is 11.3 Å². The van der Waals surface area contributed by atoms with Crippen molar-refractivity contribution in [2.45, 2.75) is 6.54 Å². The number of alkyl carbamates (subject to hydrolysis) is 1. The zero-order valence-electron chi connectivity index (χ0n) is 6.00. The summed E-state index contributed by atoms with van der Waals surface area (Å²) in [7, 11) is 1.30. The number of carbonyl (C=O) groups excluding carboxylic acids is 1. The van der Waals surface area contributed by atoms with Crippen molar-refractivity contribution in [1.29, 1.82) is 0 Å². The first kappa shape index (κ1) is 7.52. The van der Waals surface area contributed by atoms with Crippen LogP contribution < -0.4 is 5.32 Å². The molecule has 6 nitrogen and oxygen atoms in total. The predicted octanol–water partition coefficient (Wildman–Crippen LogP) is -0.339. The van der Waals surface area contributed by atoms with Crippen molar-refractivity contribution in [3.63, 3.8) is 0 Å². The van der Waals surface area contributed by atoms with Crippen LogP contribution in [0, 0.1) is 0 Å². The molecule has 0 unspecified atom stereocenters. The Balaban J connectivity index is 2.29. The number of aromatic nitrogens is 3. The molecule has 1 amide bonds. The second-order valence-corrected chi connectivity index (χ2v) is 1.78. The summed E-state index contributed by atoms with van der Waals surface area (Å²) >= 11 is 0. The number of rotatable bonds is 2. The van der Waals surface area contributed by atoms with Crippen molar-refractivity contribution >= 4 is 6.09 Å². The van der Waals surface area contributed by atoms with Crippen molar-refractivity contribution in [2.75, 3.05) is 7.11 Å². The van der Waals surface area contributed by atoms with Gasteiger partial charge in [0.15, 0.2) is 0 Å². The second-order valence-electron chi connectivity index (χ2n) is 1.78. The van der Waals surface area contributed by atoms with E-state index in [0.717, 1.165) is 0 Å². The molecule has 1 heterocycles. The third-order valence-electron chi connectivity index (χ3n) is 1.05. The summed E-state index contributed by atoms with van der Waals surface area (Å²) < 4.78 is 4.34. The van der Waals surface area contributed by atoms with E-state index in [4.69, 9.17) is 0 Å². The lowest BCUT2D eigenvalue weighted by Gasteiger charge is -1.98. The number of nitrogens with one attached hydrogen (secondary N) is 2. The molecule has 2 N–H and O–H groups in total. The summed E-state index contributed by atoms with van der Waals surface area (Å²) in [5.74, 6) is 0.593. The lowest BCUT2D eigenvalue weighted by Crippen LogP contribution is -2.22. The van der Waals surface area contributed by atoms with Gasteiger partial charge in [-0.25, -0.2) is 9.78 Å². The summed E-state index contributed by atoms with van der Waals surface area (Å²) in [5, 5.41) is 8.62. The number of carbonyl (C=O) groups is 1. The Morgan fingerprint density at radius 1 is 1.91 bits per heavy atom. The molecule has 0 spiro atoms. The zero-order valence-corrected chi connectivity index (χ0v) is 6.00. The molecule has 0 radical (unpaired) electrons. The largest absolute Gasteiger partial charge is 0.453 e. The third-order valence-corrected chi connectivity index (χ3v) is 1.05. The number of ether oxygens (including phenoxy) is 1. The monoisotopic (exact) mass is 156 g/mol. The predicted molar refractivity (Wildman–Crippen MR) is 35.6 cm³/mol. The van der Waals surface area contributed by atoms with Crippen LogP contribution in [0.2, 0.25) is 0 Å². The quantitative estimate of drug-likeness (QED) is 0.613. The van der Waals surface area contributed by atoms with Crippen LogP contribution in [0.3, 0.4) is 0 Å². The minimum Gasteiger partial charge on any atom is -0.453 e. The van der Waals surface area contributed by atoms with E-state index in [1.807, 2.05) is 0 Å². The molecule has 0 saturated carbocycles. The van der Waals surface area contributed by atoms with Crippen molar-refractivity contribution in [3.05, 3.63) is 12.2 Å². The smallest absolute Gasteiger partial charge is 0.407 e. The fraction of sp³-hybridized carbons (Fsp3) is 0.400. The molecule has 1 rings (SSSR count). The SMILES string of the molecule is COC(=O)NCc1ncn[nH]1. The molecule has 0 bridgehead atoms. The van der Waals surface area contributed by atoms with E-state index in [1.165, 1.54) is 13.4 Å². The summed E-state index contributed by atoms with van der Waals surface area (Å²) in [6.07, 6.45) is 0.885. The standard InChI is InChI=1S/C5H8N4O2/c1-11-5(10)6-2-4-7-3-8-9-4/h3H,2H2,1H3,(H,6,10)(H,7,8,9). The number of hydrogen-bond donors (Lipinski definition) is 2. The molecule has 0 aliphatic rings. The van der Waals surface area contributed by atoms with E-state index in [0.29, 0.717) is 12.4 Å². The highest BCUT2D eigenvalue weighted by molar-refractivity contribution is 5.66. The maximum atomic E-state index is 10.5. The molecule has 0 aliphatic heterocycles. The third kappa shape index (κ3) is 2.24. The van der Waals surface area contributed by atoms with Gasteiger partial charge in [0.25, 0.3) is 0 Å². The topological polar surface area (TPSA) is 79.9 Å². The molecule has 11 heavy (non-hydrogen) atoms. The van der Waals surface area contributed by atoms with Crippen LogP contribution >= 0.6 is 0 Å². The first-order valence-corrected chi connectivity index (χ1v) is 2.99. The van der Waals surface area contributed by atoms with Gasteiger partial charge < -0.3 is 10.1 Å². The maximum Gasteiger partial charge on any atom is 0.407 e. The number of H-pyrrole nitrogens is 1. The van der Waals surface area contributed by atoms with Gasteiger partial charge in [-0.3, -0.25) is 5.10 Å². The molecule has 0 fully saturated rings. The highest BCUT2D eigenvalue weighted by Crippen LogP contribution is 1.83. The van der Waals surface area contributed by atoms with E-state index in [9.17, 15) is 4.79 Å². The Labute approximate surface area is 63.0 Å². The lowest BCUT2D eigenvalue weighted by molar-refractivity contribution is 0.170. The van der Waals surface area contributed by atoms with E-state index in [-0.39, 0.29) is 0 Å². The first-order chi connectivity index (χ1) is 5.33. The Morgan fingerprint density at radius 2 is 2.73 bits per heavy atom. The van der Waals surface area contributed by atoms with Gasteiger partial charge in [-0.2, -0.15) is 5.10 Å². The van der Waals surface area contributed by atoms with Crippen molar-refractivity contribution in [3.8, 4) is 0 Å². The van der Waals surface area contributed by atoms with Gasteiger partial charge in [-0.1, -0.05) is 0 Å². The Kier molecular flexibility index (Phi) is 2.42. The molecule has 6 heteroatoms. The molecule has 0 saturated heterocycles. The van der Waals surface area contributed by atoms with Crippen LogP contribution in [-0.4, -0.2) is 28.4 Å². The highest BCUT2D eigenvalue weighted by atomic mass is 16.5. The number of nitrogens with zero attached hydrogens (tertiary/aromatic N) is 2. The van der Waals surface area contributed by atoms with Crippen LogP contribution in [0.5, 0.6) is 0 Å². The molecule has 0 aliphatic carbocycles. The van der Waals surface area contributed by atoms with E-state index < -0.39 is 6.09 Å². The molecule has 0 atom stereocenters. The minimum absolute atomic E-state index is 0.298. The number of hydrogen-bond acceptors (Lipinski definition) is 4. The molecule has 1 aromatic rings. The lowest BCUT2D eigenvalue weighted by atomic mass is 10.6. The van der Waals surface area contributed by atoms with Crippen LogP contribution in [0.15, 0.2) is 6.33 Å². The summed E-state index contributed by atoms with van der Waals surface area (Å²) in [6, 6.07) is 0. The van der Waals surface area contributed by atoms with Gasteiger partial charge >= 0.3 is 6.09 Å². The minimum atomic E-state index is -0.485. The van der Waals surface area contributed by atoms with Crippen LogP contribution in [0.25, 0.3) is 0 Å². The molecule has 0 aromatic carbocycles.